The summed E-state index contributed by atoms with van der Waals surface area (Å²) >= 11 is 6.06. The molecule has 0 fully saturated rings. The van der Waals surface area contributed by atoms with E-state index in [-0.39, 0.29) is 0 Å². The van der Waals surface area contributed by atoms with Crippen molar-refractivity contribution in [2.75, 3.05) is 5.32 Å². The zero-order valence-electron chi connectivity index (χ0n) is 10.00. The van der Waals surface area contributed by atoms with Gasteiger partial charge in [-0.05, 0) is 43.2 Å². The van der Waals surface area contributed by atoms with Crippen LogP contribution in [0.3, 0.4) is 0 Å². The summed E-state index contributed by atoms with van der Waals surface area (Å²) in [5.74, 6) is 0. The Hall–Kier alpha value is -1.54. The van der Waals surface area contributed by atoms with Gasteiger partial charge in [-0.2, -0.15) is 0 Å². The van der Waals surface area contributed by atoms with E-state index in [4.69, 9.17) is 11.6 Å². The minimum atomic E-state index is 0.757. The van der Waals surface area contributed by atoms with E-state index in [2.05, 4.69) is 16.4 Å². The quantitative estimate of drug-likeness (QED) is 0.887. The Labute approximate surface area is 107 Å². The van der Waals surface area contributed by atoms with Gasteiger partial charge < -0.3 is 5.32 Å². The molecule has 0 aliphatic carbocycles. The molecule has 0 bridgehead atoms. The molecule has 3 heteroatoms. The number of anilines is 1. The maximum absolute atomic E-state index is 6.06. The van der Waals surface area contributed by atoms with Crippen molar-refractivity contribution in [3.8, 4) is 0 Å². The van der Waals surface area contributed by atoms with Gasteiger partial charge in [0.1, 0.15) is 0 Å². The predicted molar refractivity (Wildman–Crippen MR) is 72.5 cm³/mol. The highest BCUT2D eigenvalue weighted by Gasteiger charge is 1.98. The molecular weight excluding hydrogens is 232 g/mol. The summed E-state index contributed by atoms with van der Waals surface area (Å²) in [5.41, 5.74) is 4.31. The van der Waals surface area contributed by atoms with E-state index in [0.29, 0.717) is 0 Å². The Balaban J connectivity index is 2.02. The molecule has 0 saturated heterocycles. The second kappa shape index (κ2) is 5.19. The Morgan fingerprint density at radius 1 is 1.18 bits per heavy atom. The number of hydrogen-bond acceptors (Lipinski definition) is 2. The van der Waals surface area contributed by atoms with Gasteiger partial charge in [0.05, 0.1) is 0 Å². The molecule has 0 radical (unpaired) electrons. The van der Waals surface area contributed by atoms with Crippen LogP contribution in [-0.2, 0) is 6.54 Å². The fourth-order valence-electron chi connectivity index (χ4n) is 1.51. The van der Waals surface area contributed by atoms with Gasteiger partial charge in [0.2, 0.25) is 0 Å². The standard InChI is InChI=1S/C14H15ClN2/c1-10-3-6-13(7-14(10)15)17-9-12-5-4-11(2)16-8-12/h3-8,17H,9H2,1-2H3. The second-order valence-corrected chi connectivity index (χ2v) is 4.53. The Morgan fingerprint density at radius 3 is 2.65 bits per heavy atom. The highest BCUT2D eigenvalue weighted by Crippen LogP contribution is 2.20. The molecule has 17 heavy (non-hydrogen) atoms. The third-order valence-corrected chi connectivity index (χ3v) is 3.05. The number of aromatic nitrogens is 1. The molecular formula is C14H15ClN2. The Morgan fingerprint density at radius 2 is 2.00 bits per heavy atom. The number of hydrogen-bond donors (Lipinski definition) is 1. The fourth-order valence-corrected chi connectivity index (χ4v) is 1.69. The van der Waals surface area contributed by atoms with Crippen molar-refractivity contribution >= 4 is 17.3 Å². The number of rotatable bonds is 3. The first-order valence-electron chi connectivity index (χ1n) is 5.57. The van der Waals surface area contributed by atoms with Crippen LogP contribution in [0.4, 0.5) is 5.69 Å². The van der Waals surface area contributed by atoms with Crippen molar-refractivity contribution in [2.24, 2.45) is 0 Å². The molecule has 88 valence electrons. The van der Waals surface area contributed by atoms with Crippen molar-refractivity contribution in [3.05, 3.63) is 58.4 Å². The zero-order chi connectivity index (χ0) is 12.3. The van der Waals surface area contributed by atoms with E-state index in [1.54, 1.807) is 0 Å². The lowest BCUT2D eigenvalue weighted by atomic mass is 10.2. The molecule has 0 aliphatic heterocycles. The van der Waals surface area contributed by atoms with E-state index in [1.807, 2.05) is 44.3 Å². The molecule has 0 unspecified atom stereocenters. The molecule has 2 nitrogen and oxygen atoms in total. The van der Waals surface area contributed by atoms with Gasteiger partial charge >= 0.3 is 0 Å². The van der Waals surface area contributed by atoms with Crippen molar-refractivity contribution in [1.29, 1.82) is 0 Å². The second-order valence-electron chi connectivity index (χ2n) is 4.13. The van der Waals surface area contributed by atoms with Gasteiger partial charge in [0.25, 0.3) is 0 Å². The molecule has 0 aliphatic rings. The lowest BCUT2D eigenvalue weighted by Gasteiger charge is -2.08. The van der Waals surface area contributed by atoms with Crippen molar-refractivity contribution < 1.29 is 0 Å². The molecule has 0 amide bonds. The van der Waals surface area contributed by atoms with Crippen LogP contribution in [0.15, 0.2) is 36.5 Å². The minimum Gasteiger partial charge on any atom is -0.381 e. The van der Waals surface area contributed by atoms with Gasteiger partial charge in [-0.3, -0.25) is 4.98 Å². The molecule has 1 N–H and O–H groups in total. The summed E-state index contributed by atoms with van der Waals surface area (Å²) in [5, 5.41) is 4.11. The molecule has 2 aromatic rings. The van der Waals surface area contributed by atoms with Crippen LogP contribution < -0.4 is 5.32 Å². The first-order chi connectivity index (χ1) is 8.15. The largest absolute Gasteiger partial charge is 0.381 e. The summed E-state index contributed by atoms with van der Waals surface area (Å²) < 4.78 is 0. The maximum atomic E-state index is 6.06. The smallest absolute Gasteiger partial charge is 0.0455 e. The van der Waals surface area contributed by atoms with Gasteiger partial charge in [0.15, 0.2) is 0 Å². The number of aryl methyl sites for hydroxylation is 2. The van der Waals surface area contributed by atoms with Gasteiger partial charge in [0, 0.05) is 29.1 Å². The van der Waals surface area contributed by atoms with Crippen molar-refractivity contribution in [1.82, 2.24) is 4.98 Å². The van der Waals surface area contributed by atoms with Crippen molar-refractivity contribution in [2.45, 2.75) is 20.4 Å². The molecule has 0 spiro atoms. The maximum Gasteiger partial charge on any atom is 0.0455 e. The monoisotopic (exact) mass is 246 g/mol. The first-order valence-corrected chi connectivity index (χ1v) is 5.94. The van der Waals surface area contributed by atoms with E-state index in [9.17, 15) is 0 Å². The molecule has 1 heterocycles. The average Bonchev–Trinajstić information content (AvgIpc) is 2.33. The SMILES string of the molecule is Cc1ccc(CNc2ccc(C)c(Cl)c2)cn1. The van der Waals surface area contributed by atoms with E-state index in [0.717, 1.165) is 34.1 Å². The van der Waals surface area contributed by atoms with E-state index in [1.165, 1.54) is 0 Å². The minimum absolute atomic E-state index is 0.757. The number of benzene rings is 1. The topological polar surface area (TPSA) is 24.9 Å². The van der Waals surface area contributed by atoms with E-state index < -0.39 is 0 Å². The molecule has 1 aromatic heterocycles. The summed E-state index contributed by atoms with van der Waals surface area (Å²) in [6.07, 6.45) is 1.89. The summed E-state index contributed by atoms with van der Waals surface area (Å²) in [6.45, 7) is 4.74. The van der Waals surface area contributed by atoms with Crippen LogP contribution >= 0.6 is 11.6 Å². The normalized spacial score (nSPS) is 10.3. The van der Waals surface area contributed by atoms with Crippen LogP contribution in [0, 0.1) is 13.8 Å². The number of halogens is 1. The third-order valence-electron chi connectivity index (χ3n) is 2.64. The fraction of sp³-hybridized carbons (Fsp3) is 0.214. The van der Waals surface area contributed by atoms with Crippen molar-refractivity contribution in [3.63, 3.8) is 0 Å². The average molecular weight is 247 g/mol. The molecule has 0 saturated carbocycles. The van der Waals surface area contributed by atoms with Gasteiger partial charge in [-0.25, -0.2) is 0 Å². The molecule has 0 atom stereocenters. The Bertz CT molecular complexity index is 506. The van der Waals surface area contributed by atoms with Crippen LogP contribution in [-0.4, -0.2) is 4.98 Å². The van der Waals surface area contributed by atoms with E-state index >= 15 is 0 Å². The van der Waals surface area contributed by atoms with Crippen LogP contribution in [0.2, 0.25) is 5.02 Å². The highest BCUT2D eigenvalue weighted by molar-refractivity contribution is 6.31. The van der Waals surface area contributed by atoms with Gasteiger partial charge in [-0.1, -0.05) is 23.7 Å². The Kier molecular flexibility index (Phi) is 3.64. The van der Waals surface area contributed by atoms with Gasteiger partial charge in [-0.15, -0.1) is 0 Å². The lowest BCUT2D eigenvalue weighted by Crippen LogP contribution is -2.00. The number of nitrogens with one attached hydrogen (secondary N) is 1. The lowest BCUT2D eigenvalue weighted by molar-refractivity contribution is 1.08. The molecule has 2 rings (SSSR count). The third kappa shape index (κ3) is 3.21. The molecule has 1 aromatic carbocycles. The summed E-state index contributed by atoms with van der Waals surface area (Å²) in [4.78, 5) is 4.26. The summed E-state index contributed by atoms with van der Waals surface area (Å²) in [7, 11) is 0. The highest BCUT2D eigenvalue weighted by atomic mass is 35.5. The van der Waals surface area contributed by atoms with Crippen LogP contribution in [0.25, 0.3) is 0 Å². The predicted octanol–water partition coefficient (Wildman–Crippen LogP) is 3.96. The summed E-state index contributed by atoms with van der Waals surface area (Å²) in [6, 6.07) is 10.1. The number of nitrogens with zero attached hydrogens (tertiary/aromatic N) is 1. The van der Waals surface area contributed by atoms with Crippen LogP contribution in [0.1, 0.15) is 16.8 Å². The first kappa shape index (κ1) is 11.9. The zero-order valence-corrected chi connectivity index (χ0v) is 10.8. The number of pyridine rings is 1. The van der Waals surface area contributed by atoms with Crippen LogP contribution in [0.5, 0.6) is 0 Å².